The summed E-state index contributed by atoms with van der Waals surface area (Å²) in [6.45, 7) is 2.93. The second-order valence-corrected chi connectivity index (χ2v) is 6.60. The SMILES string of the molecule is CC(C)(CO)c1cc(F)c(S(C)(=O)=O)cc1O. The third-order valence-corrected chi connectivity index (χ3v) is 3.69. The van der Waals surface area contributed by atoms with E-state index in [1.54, 1.807) is 13.8 Å². The minimum Gasteiger partial charge on any atom is -0.508 e. The molecule has 0 unspecified atom stereocenters. The van der Waals surface area contributed by atoms with Crippen molar-refractivity contribution in [3.05, 3.63) is 23.5 Å². The fourth-order valence-corrected chi connectivity index (χ4v) is 2.19. The van der Waals surface area contributed by atoms with E-state index in [0.29, 0.717) is 0 Å². The second kappa shape index (κ2) is 4.27. The monoisotopic (exact) mass is 262 g/mol. The first-order chi connectivity index (χ1) is 7.59. The highest BCUT2D eigenvalue weighted by Gasteiger charge is 2.26. The van der Waals surface area contributed by atoms with Gasteiger partial charge in [-0.3, -0.25) is 0 Å². The molecule has 1 aromatic rings. The average Bonchev–Trinajstić information content (AvgIpc) is 2.19. The van der Waals surface area contributed by atoms with Crippen LogP contribution in [0.5, 0.6) is 5.75 Å². The topological polar surface area (TPSA) is 74.6 Å². The summed E-state index contributed by atoms with van der Waals surface area (Å²) in [5, 5.41) is 18.8. The van der Waals surface area contributed by atoms with E-state index in [1.807, 2.05) is 0 Å². The highest BCUT2D eigenvalue weighted by Crippen LogP contribution is 2.33. The molecule has 96 valence electrons. The van der Waals surface area contributed by atoms with E-state index >= 15 is 0 Å². The van der Waals surface area contributed by atoms with Crippen LogP contribution in [-0.4, -0.2) is 31.5 Å². The van der Waals surface area contributed by atoms with Crippen molar-refractivity contribution in [2.45, 2.75) is 24.2 Å². The van der Waals surface area contributed by atoms with E-state index in [-0.39, 0.29) is 17.9 Å². The molecule has 0 radical (unpaired) electrons. The van der Waals surface area contributed by atoms with Crippen LogP contribution in [0.2, 0.25) is 0 Å². The lowest BCUT2D eigenvalue weighted by molar-refractivity contribution is 0.214. The largest absolute Gasteiger partial charge is 0.508 e. The zero-order valence-corrected chi connectivity index (χ0v) is 10.7. The molecule has 17 heavy (non-hydrogen) atoms. The van der Waals surface area contributed by atoms with Crippen LogP contribution >= 0.6 is 0 Å². The van der Waals surface area contributed by atoms with Crippen molar-refractivity contribution in [1.29, 1.82) is 0 Å². The number of aromatic hydroxyl groups is 1. The minimum absolute atomic E-state index is 0.171. The van der Waals surface area contributed by atoms with Crippen LogP contribution in [0.25, 0.3) is 0 Å². The maximum atomic E-state index is 13.6. The molecule has 0 aliphatic carbocycles. The Balaban J connectivity index is 3.49. The molecule has 0 heterocycles. The molecule has 1 aromatic carbocycles. The molecule has 0 aromatic heterocycles. The summed E-state index contributed by atoms with van der Waals surface area (Å²) in [5.41, 5.74) is -0.675. The molecule has 4 nitrogen and oxygen atoms in total. The van der Waals surface area contributed by atoms with E-state index < -0.39 is 26.0 Å². The van der Waals surface area contributed by atoms with E-state index in [1.165, 1.54) is 0 Å². The Morgan fingerprint density at radius 2 is 1.88 bits per heavy atom. The summed E-state index contributed by atoms with van der Waals surface area (Å²) < 4.78 is 36.1. The maximum Gasteiger partial charge on any atom is 0.178 e. The van der Waals surface area contributed by atoms with Gasteiger partial charge in [-0.15, -0.1) is 0 Å². The summed E-state index contributed by atoms with van der Waals surface area (Å²) in [5.74, 6) is -1.27. The third-order valence-electron chi connectivity index (χ3n) is 2.57. The number of halogens is 1. The van der Waals surface area contributed by atoms with Crippen molar-refractivity contribution in [3.8, 4) is 5.75 Å². The first-order valence-electron chi connectivity index (χ1n) is 4.93. The van der Waals surface area contributed by atoms with Gasteiger partial charge in [0.25, 0.3) is 0 Å². The smallest absolute Gasteiger partial charge is 0.178 e. The molecule has 0 fully saturated rings. The number of sulfone groups is 1. The Morgan fingerprint density at radius 1 is 1.35 bits per heavy atom. The third kappa shape index (κ3) is 2.76. The van der Waals surface area contributed by atoms with Gasteiger partial charge in [0.2, 0.25) is 0 Å². The first kappa shape index (κ1) is 13.9. The van der Waals surface area contributed by atoms with Crippen LogP contribution in [0, 0.1) is 5.82 Å². The quantitative estimate of drug-likeness (QED) is 0.858. The number of aliphatic hydroxyl groups is 1. The van der Waals surface area contributed by atoms with Crippen LogP contribution in [0.3, 0.4) is 0 Å². The van der Waals surface area contributed by atoms with Gasteiger partial charge >= 0.3 is 0 Å². The lowest BCUT2D eigenvalue weighted by Crippen LogP contribution is -2.22. The second-order valence-electron chi connectivity index (χ2n) is 4.61. The summed E-state index contributed by atoms with van der Waals surface area (Å²) in [4.78, 5) is -0.549. The molecule has 0 bridgehead atoms. The molecular formula is C11H15FO4S. The highest BCUT2D eigenvalue weighted by molar-refractivity contribution is 7.90. The Hall–Kier alpha value is -1.14. The zero-order valence-electron chi connectivity index (χ0n) is 9.86. The lowest BCUT2D eigenvalue weighted by atomic mass is 9.85. The van der Waals surface area contributed by atoms with Gasteiger partial charge in [0.05, 0.1) is 6.61 Å². The normalized spacial score (nSPS) is 12.8. The van der Waals surface area contributed by atoms with Crippen LogP contribution in [-0.2, 0) is 15.3 Å². The average molecular weight is 262 g/mol. The van der Waals surface area contributed by atoms with Crippen molar-refractivity contribution in [1.82, 2.24) is 0 Å². The number of rotatable bonds is 3. The fraction of sp³-hybridized carbons (Fsp3) is 0.455. The predicted molar refractivity (Wildman–Crippen MR) is 61.3 cm³/mol. The molecule has 0 saturated heterocycles. The van der Waals surface area contributed by atoms with Gasteiger partial charge in [-0.05, 0) is 6.07 Å². The van der Waals surface area contributed by atoms with E-state index in [0.717, 1.165) is 18.4 Å². The van der Waals surface area contributed by atoms with Crippen LogP contribution in [0.15, 0.2) is 17.0 Å². The number of phenolic OH excluding ortho intramolecular Hbond substituents is 1. The molecular weight excluding hydrogens is 247 g/mol. The fourth-order valence-electron chi connectivity index (χ4n) is 1.45. The van der Waals surface area contributed by atoms with Gasteiger partial charge in [-0.1, -0.05) is 13.8 Å². The van der Waals surface area contributed by atoms with E-state index in [2.05, 4.69) is 0 Å². The van der Waals surface area contributed by atoms with Crippen molar-refractivity contribution in [2.24, 2.45) is 0 Å². The summed E-state index contributed by atoms with van der Waals surface area (Å²) in [7, 11) is -3.72. The highest BCUT2D eigenvalue weighted by atomic mass is 32.2. The number of hydrogen-bond donors (Lipinski definition) is 2. The standard InChI is InChI=1S/C11H15FO4S/c1-11(2,6-13)7-4-8(12)10(5-9(7)14)17(3,15)16/h4-5,13-14H,6H2,1-3H3. The first-order valence-corrected chi connectivity index (χ1v) is 6.82. The van der Waals surface area contributed by atoms with Crippen molar-refractivity contribution in [2.75, 3.05) is 12.9 Å². The maximum absolute atomic E-state index is 13.6. The Bertz CT molecular complexity index is 535. The van der Waals surface area contributed by atoms with Gasteiger partial charge in [0, 0.05) is 23.3 Å². The Morgan fingerprint density at radius 3 is 2.29 bits per heavy atom. The van der Waals surface area contributed by atoms with Crippen molar-refractivity contribution in [3.63, 3.8) is 0 Å². The molecule has 0 amide bonds. The summed E-state index contributed by atoms with van der Waals surface area (Å²) >= 11 is 0. The molecule has 1 rings (SSSR count). The molecule has 0 atom stereocenters. The Kier molecular flexibility index (Phi) is 3.50. The molecule has 0 aliphatic rings. The molecule has 6 heteroatoms. The van der Waals surface area contributed by atoms with Crippen LogP contribution in [0.1, 0.15) is 19.4 Å². The Labute approximate surface area is 99.6 Å². The molecule has 0 aliphatic heterocycles. The van der Waals surface area contributed by atoms with E-state index in [4.69, 9.17) is 5.11 Å². The number of phenols is 1. The predicted octanol–water partition coefficient (Wildman–Crippen LogP) is 1.20. The van der Waals surface area contributed by atoms with Crippen molar-refractivity contribution < 1.29 is 23.0 Å². The van der Waals surface area contributed by atoms with E-state index in [9.17, 15) is 17.9 Å². The van der Waals surface area contributed by atoms with Crippen molar-refractivity contribution >= 4 is 9.84 Å². The lowest BCUT2D eigenvalue weighted by Gasteiger charge is -2.23. The van der Waals surface area contributed by atoms with Crippen LogP contribution in [0.4, 0.5) is 4.39 Å². The number of benzene rings is 1. The number of aliphatic hydroxyl groups excluding tert-OH is 1. The zero-order chi connectivity index (χ0) is 13.4. The number of hydrogen-bond acceptors (Lipinski definition) is 4. The van der Waals surface area contributed by atoms with Gasteiger partial charge in [0.15, 0.2) is 9.84 Å². The molecule has 0 saturated carbocycles. The molecule has 2 N–H and O–H groups in total. The van der Waals surface area contributed by atoms with Gasteiger partial charge in [-0.25, -0.2) is 12.8 Å². The van der Waals surface area contributed by atoms with Crippen LogP contribution < -0.4 is 0 Å². The van der Waals surface area contributed by atoms with Gasteiger partial charge in [0.1, 0.15) is 16.5 Å². The summed E-state index contributed by atoms with van der Waals surface area (Å²) in [6, 6.07) is 1.82. The molecule has 0 spiro atoms. The minimum atomic E-state index is -3.72. The summed E-state index contributed by atoms with van der Waals surface area (Å²) in [6.07, 6.45) is 0.863. The van der Waals surface area contributed by atoms with Gasteiger partial charge in [-0.2, -0.15) is 0 Å². The van der Waals surface area contributed by atoms with Gasteiger partial charge < -0.3 is 10.2 Å².